The van der Waals surface area contributed by atoms with E-state index in [9.17, 15) is 14.4 Å². The number of oxime groups is 1. The van der Waals surface area contributed by atoms with Crippen molar-refractivity contribution in [2.24, 2.45) is 10.9 Å². The summed E-state index contributed by atoms with van der Waals surface area (Å²) in [5.41, 5.74) is 5.11. The molecule has 0 spiro atoms. The number of nitrogens with two attached hydrogens (primary N) is 1. The number of hydrogen-bond acceptors (Lipinski definition) is 6. The largest absolute Gasteiger partial charge is 0.480 e. The van der Waals surface area contributed by atoms with E-state index in [1.165, 1.54) is 0 Å². The molecule has 6 N–H and O–H groups in total. The van der Waals surface area contributed by atoms with E-state index in [1.54, 1.807) is 24.3 Å². The zero-order valence-electron chi connectivity index (χ0n) is 10.7. The van der Waals surface area contributed by atoms with Crippen molar-refractivity contribution in [2.75, 3.05) is 0 Å². The molecule has 0 unspecified atom stereocenters. The molecule has 0 radical (unpaired) electrons. The second-order valence-corrected chi connectivity index (χ2v) is 3.67. The Balaban J connectivity index is 0.000000433. The van der Waals surface area contributed by atoms with Crippen LogP contribution in [0.3, 0.4) is 0 Å². The highest BCUT2D eigenvalue weighted by Crippen LogP contribution is 2.00. The fourth-order valence-corrected chi connectivity index (χ4v) is 1.05. The number of rotatable bonds is 5. The van der Waals surface area contributed by atoms with E-state index in [0.29, 0.717) is 0 Å². The molecule has 0 aliphatic heterocycles. The predicted molar refractivity (Wildman–Crippen MR) is 70.3 cm³/mol. The van der Waals surface area contributed by atoms with E-state index in [2.05, 4.69) is 10.9 Å². The molecule has 21 heavy (non-hydrogen) atoms. The molecule has 0 bridgehead atoms. The fourth-order valence-electron chi connectivity index (χ4n) is 1.05. The summed E-state index contributed by atoms with van der Waals surface area (Å²) in [6, 6.07) is 7.18. The lowest BCUT2D eigenvalue weighted by Crippen LogP contribution is -2.38. The molecule has 9 heteroatoms. The van der Waals surface area contributed by atoms with E-state index in [1.807, 2.05) is 6.07 Å². The van der Waals surface area contributed by atoms with Crippen molar-refractivity contribution in [3.63, 3.8) is 0 Å². The third-order valence-corrected chi connectivity index (χ3v) is 2.11. The van der Waals surface area contributed by atoms with Crippen LogP contribution in [0.5, 0.6) is 0 Å². The lowest BCUT2D eigenvalue weighted by molar-refractivity contribution is -0.149. The van der Waals surface area contributed by atoms with Crippen molar-refractivity contribution < 1.29 is 34.9 Å². The van der Waals surface area contributed by atoms with Crippen LogP contribution in [0.25, 0.3) is 0 Å². The van der Waals surface area contributed by atoms with Gasteiger partial charge in [-0.05, 0) is 5.56 Å². The van der Waals surface area contributed by atoms with E-state index >= 15 is 0 Å². The molecule has 0 fully saturated rings. The molecule has 0 saturated heterocycles. The zero-order chi connectivity index (χ0) is 16.4. The summed E-state index contributed by atoms with van der Waals surface area (Å²) in [7, 11) is 0. The van der Waals surface area contributed by atoms with Gasteiger partial charge in [0.05, 0.1) is 0 Å². The van der Waals surface area contributed by atoms with Gasteiger partial charge in [0.1, 0.15) is 0 Å². The standard InChI is InChI=1S/C9H9NO3.C3H5NO4/c11-9(12)8(10-13)6-7-4-2-1-3-5-7;4-1(2(5)6)3(7)8/h1-5,13H,6H2,(H,11,12);1H,4H2,(H,5,6)(H,7,8). The van der Waals surface area contributed by atoms with Crippen LogP contribution in [-0.2, 0) is 20.8 Å². The molecule has 1 rings (SSSR count). The highest BCUT2D eigenvalue weighted by Gasteiger charge is 2.18. The lowest BCUT2D eigenvalue weighted by Gasteiger charge is -1.98. The molecule has 1 aromatic rings. The van der Waals surface area contributed by atoms with Crippen molar-refractivity contribution in [1.82, 2.24) is 0 Å². The maximum absolute atomic E-state index is 10.4. The summed E-state index contributed by atoms with van der Waals surface area (Å²) in [4.78, 5) is 29.7. The molecule has 9 nitrogen and oxygen atoms in total. The smallest absolute Gasteiger partial charge is 0.354 e. The van der Waals surface area contributed by atoms with Gasteiger partial charge in [-0.25, -0.2) is 14.4 Å². The summed E-state index contributed by atoms with van der Waals surface area (Å²) < 4.78 is 0. The van der Waals surface area contributed by atoms with Gasteiger partial charge in [-0.2, -0.15) is 0 Å². The van der Waals surface area contributed by atoms with Crippen molar-refractivity contribution in [3.8, 4) is 0 Å². The number of benzene rings is 1. The summed E-state index contributed by atoms with van der Waals surface area (Å²) in [5.74, 6) is -4.26. The van der Waals surface area contributed by atoms with Gasteiger partial charge in [-0.3, -0.25) is 0 Å². The summed E-state index contributed by atoms with van der Waals surface area (Å²) >= 11 is 0. The molecule has 114 valence electrons. The lowest BCUT2D eigenvalue weighted by atomic mass is 10.1. The number of carboxylic acid groups (broad SMARTS) is 3. The van der Waals surface area contributed by atoms with E-state index in [0.717, 1.165) is 5.56 Å². The molecule has 0 aliphatic carbocycles. The van der Waals surface area contributed by atoms with Gasteiger partial charge in [0.25, 0.3) is 0 Å². The molecule has 0 amide bonds. The molecule has 0 heterocycles. The summed E-state index contributed by atoms with van der Waals surface area (Å²) in [6.07, 6.45) is 0.132. The molecule has 0 atom stereocenters. The SMILES string of the molecule is NC(C(=O)O)C(=O)O.O=C(O)C(Cc1ccccc1)=NO. The predicted octanol–water partition coefficient (Wildman–Crippen LogP) is -0.373. The van der Waals surface area contributed by atoms with E-state index in [-0.39, 0.29) is 12.1 Å². The van der Waals surface area contributed by atoms with Crippen LogP contribution in [0.4, 0.5) is 0 Å². The Bertz CT molecular complexity index is 514. The fraction of sp³-hybridized carbons (Fsp3) is 0.167. The van der Waals surface area contributed by atoms with Crippen molar-refractivity contribution in [3.05, 3.63) is 35.9 Å². The van der Waals surface area contributed by atoms with Gasteiger partial charge in [0.15, 0.2) is 5.71 Å². The number of nitrogens with zero attached hydrogens (tertiary/aromatic N) is 1. The Morgan fingerprint density at radius 1 is 1.05 bits per heavy atom. The number of aliphatic carboxylic acids is 3. The normalized spacial score (nSPS) is 10.5. The number of hydrogen-bond donors (Lipinski definition) is 5. The first-order chi connectivity index (χ1) is 9.79. The maximum atomic E-state index is 10.4. The minimum absolute atomic E-state index is 0.132. The van der Waals surface area contributed by atoms with Gasteiger partial charge >= 0.3 is 17.9 Å². The Kier molecular flexibility index (Phi) is 7.78. The average Bonchev–Trinajstić information content (AvgIpc) is 2.45. The first-order valence-corrected chi connectivity index (χ1v) is 5.49. The molecule has 1 aromatic carbocycles. The number of carbonyl (C=O) groups is 3. The first-order valence-electron chi connectivity index (χ1n) is 5.49. The van der Waals surface area contributed by atoms with Crippen LogP contribution in [0, 0.1) is 0 Å². The second-order valence-electron chi connectivity index (χ2n) is 3.67. The maximum Gasteiger partial charge on any atom is 0.354 e. The van der Waals surface area contributed by atoms with Crippen molar-refractivity contribution >= 4 is 23.6 Å². The van der Waals surface area contributed by atoms with Crippen LogP contribution in [-0.4, -0.2) is 50.2 Å². The van der Waals surface area contributed by atoms with Gasteiger partial charge in [-0.15, -0.1) is 0 Å². The van der Waals surface area contributed by atoms with Crippen molar-refractivity contribution in [1.29, 1.82) is 0 Å². The highest BCUT2D eigenvalue weighted by atomic mass is 16.4. The Labute approximate surface area is 118 Å². The number of carboxylic acids is 3. The van der Waals surface area contributed by atoms with Crippen LogP contribution in [0.2, 0.25) is 0 Å². The van der Waals surface area contributed by atoms with Gasteiger partial charge in [0.2, 0.25) is 6.04 Å². The van der Waals surface area contributed by atoms with Crippen LogP contribution in [0.15, 0.2) is 35.5 Å². The second kappa shape index (κ2) is 9.04. The van der Waals surface area contributed by atoms with Gasteiger partial charge < -0.3 is 26.3 Å². The quantitative estimate of drug-likeness (QED) is 0.212. The zero-order valence-corrected chi connectivity index (χ0v) is 10.7. The average molecular weight is 298 g/mol. The van der Waals surface area contributed by atoms with Crippen LogP contribution < -0.4 is 5.73 Å². The van der Waals surface area contributed by atoms with Gasteiger partial charge in [-0.1, -0.05) is 35.5 Å². The Morgan fingerprint density at radius 3 is 1.81 bits per heavy atom. The van der Waals surface area contributed by atoms with Crippen LogP contribution in [0.1, 0.15) is 5.56 Å². The summed E-state index contributed by atoms with van der Waals surface area (Å²) in [6.45, 7) is 0. The van der Waals surface area contributed by atoms with E-state index < -0.39 is 23.9 Å². The molecular weight excluding hydrogens is 284 g/mol. The van der Waals surface area contributed by atoms with Gasteiger partial charge in [0, 0.05) is 6.42 Å². The molecular formula is C12H14N2O7. The third-order valence-electron chi connectivity index (χ3n) is 2.11. The minimum Gasteiger partial charge on any atom is -0.480 e. The monoisotopic (exact) mass is 298 g/mol. The topological polar surface area (TPSA) is 171 Å². The molecule has 0 aliphatic rings. The van der Waals surface area contributed by atoms with Crippen molar-refractivity contribution in [2.45, 2.75) is 12.5 Å². The highest BCUT2D eigenvalue weighted by molar-refractivity contribution is 6.35. The van der Waals surface area contributed by atoms with E-state index in [4.69, 9.17) is 20.5 Å². The third kappa shape index (κ3) is 7.28. The minimum atomic E-state index is -1.80. The molecule has 0 saturated carbocycles. The Morgan fingerprint density at radius 2 is 1.52 bits per heavy atom. The summed E-state index contributed by atoms with van der Waals surface area (Å²) in [5, 5.41) is 35.3. The van der Waals surface area contributed by atoms with Crippen LogP contribution >= 0.6 is 0 Å². The Hall–Kier alpha value is -2.94. The molecule has 0 aromatic heterocycles. The first kappa shape index (κ1) is 18.1.